The molecule has 5 rings (SSSR count). The van der Waals surface area contributed by atoms with Crippen LogP contribution >= 0.6 is 11.8 Å². The molecule has 0 radical (unpaired) electrons. The van der Waals surface area contributed by atoms with Crippen LogP contribution in [0.5, 0.6) is 0 Å². The molecule has 1 aliphatic rings. The number of alkyl carbamates (subject to hydrolysis) is 1. The molecule has 1 aliphatic carbocycles. The molecule has 4 aromatic carbocycles. The van der Waals surface area contributed by atoms with Crippen molar-refractivity contribution in [2.45, 2.75) is 42.0 Å². The van der Waals surface area contributed by atoms with Crippen LogP contribution in [-0.4, -0.2) is 19.0 Å². The quantitative estimate of drug-likeness (QED) is 0.247. The number of benzene rings is 4. The molecule has 0 bridgehead atoms. The summed E-state index contributed by atoms with van der Waals surface area (Å²) in [4.78, 5) is 26.2. The van der Waals surface area contributed by atoms with Crippen LogP contribution in [0.4, 0.5) is 4.79 Å². The van der Waals surface area contributed by atoms with Gasteiger partial charge in [-0.05, 0) is 51.4 Å². The van der Waals surface area contributed by atoms with Gasteiger partial charge in [-0.3, -0.25) is 4.79 Å². The number of hydrogen-bond donors (Lipinski definition) is 1. The van der Waals surface area contributed by atoms with E-state index in [1.807, 2.05) is 48.5 Å². The molecule has 37 heavy (non-hydrogen) atoms. The maximum absolute atomic E-state index is 12.8. The van der Waals surface area contributed by atoms with Gasteiger partial charge in [0.2, 0.25) is 0 Å². The molecule has 0 aromatic heterocycles. The van der Waals surface area contributed by atoms with Gasteiger partial charge in [-0.1, -0.05) is 104 Å². The van der Waals surface area contributed by atoms with E-state index < -0.39 is 6.09 Å². The minimum Gasteiger partial charge on any atom is -0.449 e. The molecule has 186 valence electrons. The zero-order valence-electron chi connectivity index (χ0n) is 20.9. The van der Waals surface area contributed by atoms with Gasteiger partial charge < -0.3 is 10.1 Å². The number of ether oxygens (including phenoxy) is 1. The summed E-state index contributed by atoms with van der Waals surface area (Å²) < 4.78 is 5.73. The summed E-state index contributed by atoms with van der Waals surface area (Å²) in [7, 11) is 0. The van der Waals surface area contributed by atoms with Crippen molar-refractivity contribution in [2.24, 2.45) is 0 Å². The van der Waals surface area contributed by atoms with Gasteiger partial charge in [0.15, 0.2) is 6.29 Å². The Kier molecular flexibility index (Phi) is 7.42. The van der Waals surface area contributed by atoms with Gasteiger partial charge >= 0.3 is 6.09 Å². The summed E-state index contributed by atoms with van der Waals surface area (Å²) in [5, 5.41) is 2.95. The molecule has 0 spiro atoms. The molecule has 0 aliphatic heterocycles. The van der Waals surface area contributed by atoms with Crippen molar-refractivity contribution in [1.29, 1.82) is 0 Å². The average Bonchev–Trinajstić information content (AvgIpc) is 3.25. The Hall–Kier alpha value is -3.83. The Labute approximate surface area is 222 Å². The molecule has 1 N–H and O–H groups in total. The third-order valence-electron chi connectivity index (χ3n) is 6.78. The van der Waals surface area contributed by atoms with Gasteiger partial charge in [-0.2, -0.15) is 0 Å². The first kappa shape index (κ1) is 24.8. The fraction of sp³-hybridized carbons (Fsp3) is 0.188. The van der Waals surface area contributed by atoms with Crippen molar-refractivity contribution in [3.63, 3.8) is 0 Å². The van der Waals surface area contributed by atoms with Gasteiger partial charge in [0.1, 0.15) is 6.61 Å². The van der Waals surface area contributed by atoms with Crippen LogP contribution in [0.15, 0.2) is 101 Å². The second-order valence-electron chi connectivity index (χ2n) is 9.46. The largest absolute Gasteiger partial charge is 0.449 e. The first-order valence-corrected chi connectivity index (χ1v) is 13.3. The average molecular weight is 508 g/mol. The Morgan fingerprint density at radius 3 is 2.22 bits per heavy atom. The van der Waals surface area contributed by atoms with E-state index in [1.165, 1.54) is 39.6 Å². The third-order valence-corrected chi connectivity index (χ3v) is 7.99. The van der Waals surface area contributed by atoms with E-state index in [4.69, 9.17) is 4.74 Å². The summed E-state index contributed by atoms with van der Waals surface area (Å²) in [5.41, 5.74) is 7.62. The minimum absolute atomic E-state index is 0.0216. The summed E-state index contributed by atoms with van der Waals surface area (Å²) in [6.07, 6.45) is 0.431. The number of fused-ring (bicyclic) bond motifs is 3. The van der Waals surface area contributed by atoms with Gasteiger partial charge in [-0.25, -0.2) is 4.79 Å². The van der Waals surface area contributed by atoms with Gasteiger partial charge in [0, 0.05) is 27.8 Å². The van der Waals surface area contributed by atoms with Gasteiger partial charge in [0.05, 0.1) is 0 Å². The molecule has 0 saturated heterocycles. The van der Waals surface area contributed by atoms with Crippen molar-refractivity contribution >= 4 is 24.1 Å². The smallest absolute Gasteiger partial charge is 0.407 e. The molecular weight excluding hydrogens is 478 g/mol. The van der Waals surface area contributed by atoms with Crippen LogP contribution in [0, 0.1) is 0 Å². The van der Waals surface area contributed by atoms with Gasteiger partial charge in [-0.15, -0.1) is 0 Å². The Balaban J connectivity index is 1.29. The number of amides is 1. The normalized spacial score (nSPS) is 12.2. The minimum atomic E-state index is -0.443. The second kappa shape index (κ2) is 11.1. The number of carbonyl (C=O) groups is 2. The molecular formula is C32H29NO3S. The third kappa shape index (κ3) is 5.32. The molecule has 0 saturated carbocycles. The zero-order valence-corrected chi connectivity index (χ0v) is 21.8. The lowest BCUT2D eigenvalue weighted by atomic mass is 9.98. The molecule has 0 atom stereocenters. The lowest BCUT2D eigenvalue weighted by Crippen LogP contribution is -2.26. The predicted octanol–water partition coefficient (Wildman–Crippen LogP) is 7.81. The summed E-state index contributed by atoms with van der Waals surface area (Å²) >= 11 is 1.53. The second-order valence-corrected chi connectivity index (χ2v) is 10.5. The summed E-state index contributed by atoms with van der Waals surface area (Å²) in [6, 6.07) is 30.4. The number of hydrogen-bond acceptors (Lipinski definition) is 4. The van der Waals surface area contributed by atoms with E-state index in [1.54, 1.807) is 0 Å². The van der Waals surface area contributed by atoms with Crippen molar-refractivity contribution in [1.82, 2.24) is 5.32 Å². The van der Waals surface area contributed by atoms with Gasteiger partial charge in [0.25, 0.3) is 0 Å². The monoisotopic (exact) mass is 507 g/mol. The number of carbonyl (C=O) groups excluding carboxylic acids is 2. The van der Waals surface area contributed by atoms with Crippen LogP contribution in [0.25, 0.3) is 11.1 Å². The Bertz CT molecular complexity index is 1400. The Morgan fingerprint density at radius 2 is 1.54 bits per heavy atom. The lowest BCUT2D eigenvalue weighted by molar-refractivity contribution is 0.112. The highest BCUT2D eigenvalue weighted by Crippen LogP contribution is 2.44. The van der Waals surface area contributed by atoms with Crippen LogP contribution in [0.3, 0.4) is 0 Å². The molecule has 4 aromatic rings. The highest BCUT2D eigenvalue weighted by atomic mass is 32.2. The number of nitrogens with one attached hydrogen (secondary N) is 1. The standard InChI is InChI=1S/C32H29NO3S/c1-21(2)22-15-16-31(37-30-14-8-3-9-23(30)19-34)24(17-22)18-33-32(35)36-20-29-27-12-6-4-10-25(27)26-11-5-7-13-28(26)29/h3-17,19,21,29H,18,20H2,1-2H3,(H,33,35). The van der Waals surface area contributed by atoms with Crippen LogP contribution in [0.2, 0.25) is 0 Å². The molecule has 1 amide bonds. The first-order valence-electron chi connectivity index (χ1n) is 12.5. The fourth-order valence-electron chi connectivity index (χ4n) is 4.80. The molecule has 0 fully saturated rings. The first-order chi connectivity index (χ1) is 18.0. The van der Waals surface area contributed by atoms with E-state index in [0.29, 0.717) is 18.0 Å². The number of rotatable bonds is 8. The lowest BCUT2D eigenvalue weighted by Gasteiger charge is -2.16. The SMILES string of the molecule is CC(C)c1ccc(Sc2ccccc2C=O)c(CNC(=O)OCC2c3ccccc3-c3ccccc32)c1. The Morgan fingerprint density at radius 1 is 0.892 bits per heavy atom. The zero-order chi connectivity index (χ0) is 25.8. The molecule has 0 heterocycles. The molecule has 0 unspecified atom stereocenters. The summed E-state index contributed by atoms with van der Waals surface area (Å²) in [6.45, 7) is 4.90. The molecule has 5 heteroatoms. The van der Waals surface area contributed by atoms with E-state index in [-0.39, 0.29) is 12.5 Å². The topological polar surface area (TPSA) is 55.4 Å². The van der Waals surface area contributed by atoms with Crippen LogP contribution in [-0.2, 0) is 11.3 Å². The van der Waals surface area contributed by atoms with Crippen LogP contribution < -0.4 is 5.32 Å². The highest BCUT2D eigenvalue weighted by molar-refractivity contribution is 7.99. The van der Waals surface area contributed by atoms with E-state index in [9.17, 15) is 9.59 Å². The maximum Gasteiger partial charge on any atom is 0.407 e. The highest BCUT2D eigenvalue weighted by Gasteiger charge is 2.29. The van der Waals surface area contributed by atoms with Crippen molar-refractivity contribution in [3.05, 3.63) is 119 Å². The summed E-state index contributed by atoms with van der Waals surface area (Å²) in [5.74, 6) is 0.378. The number of aldehydes is 1. The van der Waals surface area contributed by atoms with Crippen molar-refractivity contribution in [3.8, 4) is 11.1 Å². The molecule has 4 nitrogen and oxygen atoms in total. The van der Waals surface area contributed by atoms with E-state index >= 15 is 0 Å². The predicted molar refractivity (Wildman–Crippen MR) is 148 cm³/mol. The van der Waals surface area contributed by atoms with Crippen molar-refractivity contribution < 1.29 is 14.3 Å². The van der Waals surface area contributed by atoms with E-state index in [0.717, 1.165) is 21.6 Å². The van der Waals surface area contributed by atoms with Crippen LogP contribution in [0.1, 0.15) is 58.3 Å². The maximum atomic E-state index is 12.8. The van der Waals surface area contributed by atoms with Crippen molar-refractivity contribution in [2.75, 3.05) is 6.61 Å². The fourth-order valence-corrected chi connectivity index (χ4v) is 5.82. The van der Waals surface area contributed by atoms with E-state index in [2.05, 4.69) is 61.6 Å².